The van der Waals surface area contributed by atoms with Crippen molar-refractivity contribution in [2.24, 2.45) is 0 Å². The molecule has 6 nitrogen and oxygen atoms in total. The van der Waals surface area contributed by atoms with E-state index in [-0.39, 0.29) is 24.0 Å². The van der Waals surface area contributed by atoms with Gasteiger partial charge in [0.05, 0.1) is 12.6 Å². The number of carbonyl (C=O) groups is 2. The van der Waals surface area contributed by atoms with Crippen LogP contribution in [0.1, 0.15) is 33.1 Å². The lowest BCUT2D eigenvalue weighted by atomic mass is 10.1. The summed E-state index contributed by atoms with van der Waals surface area (Å²) in [6.07, 6.45) is 3.37. The van der Waals surface area contributed by atoms with Crippen molar-refractivity contribution >= 4 is 11.9 Å². The number of nitrogens with one attached hydrogen (secondary N) is 1. The summed E-state index contributed by atoms with van der Waals surface area (Å²) in [5.74, 6) is -0.0890. The molecular weight excluding hydrogens is 270 g/mol. The topological polar surface area (TPSA) is 61.9 Å². The predicted molar refractivity (Wildman–Crippen MR) is 79.9 cm³/mol. The zero-order chi connectivity index (χ0) is 15.2. The average molecular weight is 297 g/mol. The molecule has 120 valence electrons. The molecule has 1 N–H and O–H groups in total. The first kappa shape index (κ1) is 16.2. The van der Waals surface area contributed by atoms with Crippen LogP contribution in [-0.2, 0) is 14.3 Å². The molecule has 21 heavy (non-hydrogen) atoms. The Labute approximate surface area is 126 Å². The van der Waals surface area contributed by atoms with Crippen molar-refractivity contribution < 1.29 is 14.3 Å². The number of hydrogen-bond donors (Lipinski definition) is 1. The van der Waals surface area contributed by atoms with Gasteiger partial charge >= 0.3 is 5.97 Å². The molecule has 0 aromatic heterocycles. The minimum atomic E-state index is -0.359. The Morgan fingerprint density at radius 1 is 1.24 bits per heavy atom. The van der Waals surface area contributed by atoms with E-state index >= 15 is 0 Å². The minimum absolute atomic E-state index is 0.144. The smallest absolute Gasteiger partial charge is 0.324 e. The molecule has 2 unspecified atom stereocenters. The van der Waals surface area contributed by atoms with Crippen molar-refractivity contribution in [3.63, 3.8) is 0 Å². The van der Waals surface area contributed by atoms with Crippen LogP contribution in [0.5, 0.6) is 0 Å². The minimum Gasteiger partial charge on any atom is -0.465 e. The highest BCUT2D eigenvalue weighted by atomic mass is 16.5. The molecular formula is C15H27N3O3. The fraction of sp³-hybridized carbons (Fsp3) is 0.867. The molecule has 2 rings (SSSR count). The lowest BCUT2D eigenvalue weighted by molar-refractivity contribution is -0.153. The standard InChI is InChI=1S/C15H27N3O3/c1-3-21-15(20)13-11-16-7-10-18(13)12(2)14(19)17-8-5-4-6-9-17/h12-13,16H,3-11H2,1-2H3. The summed E-state index contributed by atoms with van der Waals surface area (Å²) in [4.78, 5) is 28.7. The highest BCUT2D eigenvalue weighted by molar-refractivity contribution is 5.83. The summed E-state index contributed by atoms with van der Waals surface area (Å²) < 4.78 is 5.14. The molecule has 0 bridgehead atoms. The quantitative estimate of drug-likeness (QED) is 0.753. The van der Waals surface area contributed by atoms with E-state index < -0.39 is 0 Å². The van der Waals surface area contributed by atoms with Gasteiger partial charge in [0.1, 0.15) is 6.04 Å². The van der Waals surface area contributed by atoms with Gasteiger partial charge in [-0.2, -0.15) is 0 Å². The Balaban J connectivity index is 2.01. The Kier molecular flexibility index (Phi) is 5.99. The zero-order valence-corrected chi connectivity index (χ0v) is 13.1. The molecule has 0 aromatic rings. The first-order chi connectivity index (χ1) is 10.1. The zero-order valence-electron chi connectivity index (χ0n) is 13.1. The molecule has 0 saturated carbocycles. The van der Waals surface area contributed by atoms with Gasteiger partial charge in [-0.15, -0.1) is 0 Å². The summed E-state index contributed by atoms with van der Waals surface area (Å²) in [5, 5.41) is 3.21. The number of hydrogen-bond acceptors (Lipinski definition) is 5. The lowest BCUT2D eigenvalue weighted by Gasteiger charge is -2.40. The molecule has 0 aliphatic carbocycles. The average Bonchev–Trinajstić information content (AvgIpc) is 2.54. The van der Waals surface area contributed by atoms with Crippen molar-refractivity contribution in [1.29, 1.82) is 0 Å². The van der Waals surface area contributed by atoms with Crippen molar-refractivity contribution in [2.75, 3.05) is 39.3 Å². The number of carbonyl (C=O) groups excluding carboxylic acids is 2. The van der Waals surface area contributed by atoms with Gasteiger partial charge in [0, 0.05) is 32.7 Å². The Morgan fingerprint density at radius 3 is 2.62 bits per heavy atom. The third kappa shape index (κ3) is 3.95. The van der Waals surface area contributed by atoms with E-state index in [9.17, 15) is 9.59 Å². The number of esters is 1. The number of amides is 1. The van der Waals surface area contributed by atoms with E-state index in [4.69, 9.17) is 4.74 Å². The van der Waals surface area contributed by atoms with E-state index in [2.05, 4.69) is 5.32 Å². The molecule has 6 heteroatoms. The summed E-state index contributed by atoms with van der Waals surface area (Å²) in [7, 11) is 0. The molecule has 2 atom stereocenters. The second kappa shape index (κ2) is 7.75. The van der Waals surface area contributed by atoms with Gasteiger partial charge in [0.15, 0.2) is 0 Å². The first-order valence-corrected chi connectivity index (χ1v) is 8.07. The second-order valence-corrected chi connectivity index (χ2v) is 5.77. The first-order valence-electron chi connectivity index (χ1n) is 8.07. The Bertz CT molecular complexity index is 369. The summed E-state index contributed by atoms with van der Waals surface area (Å²) in [5.41, 5.74) is 0. The highest BCUT2D eigenvalue weighted by Gasteiger charge is 2.37. The van der Waals surface area contributed by atoms with Gasteiger partial charge in [0.25, 0.3) is 0 Å². The van der Waals surface area contributed by atoms with Gasteiger partial charge in [-0.05, 0) is 33.1 Å². The number of piperazine rings is 1. The van der Waals surface area contributed by atoms with Gasteiger partial charge < -0.3 is 15.0 Å². The number of ether oxygens (including phenoxy) is 1. The molecule has 0 spiro atoms. The molecule has 0 aromatic carbocycles. The molecule has 2 fully saturated rings. The Hall–Kier alpha value is -1.14. The number of rotatable bonds is 4. The monoisotopic (exact) mass is 297 g/mol. The Morgan fingerprint density at radius 2 is 1.95 bits per heavy atom. The normalized spacial score (nSPS) is 25.4. The third-order valence-electron chi connectivity index (χ3n) is 4.37. The van der Waals surface area contributed by atoms with E-state index in [1.807, 2.05) is 16.7 Å². The number of piperidine rings is 1. The van der Waals surface area contributed by atoms with Crippen LogP contribution < -0.4 is 5.32 Å². The van der Waals surface area contributed by atoms with E-state index in [0.717, 1.165) is 32.5 Å². The summed E-state index contributed by atoms with van der Waals surface area (Å²) in [6, 6.07) is -0.623. The van der Waals surface area contributed by atoms with Crippen LogP contribution in [0.25, 0.3) is 0 Å². The van der Waals surface area contributed by atoms with E-state index in [0.29, 0.717) is 19.7 Å². The van der Waals surface area contributed by atoms with Crippen molar-refractivity contribution in [3.8, 4) is 0 Å². The van der Waals surface area contributed by atoms with Crippen LogP contribution in [-0.4, -0.2) is 73.1 Å². The fourth-order valence-corrected chi connectivity index (χ4v) is 3.16. The predicted octanol–water partition coefficient (Wildman–Crippen LogP) is 0.224. The van der Waals surface area contributed by atoms with Gasteiger partial charge in [-0.3, -0.25) is 14.5 Å². The van der Waals surface area contributed by atoms with Crippen LogP contribution in [0.15, 0.2) is 0 Å². The third-order valence-corrected chi connectivity index (χ3v) is 4.37. The van der Waals surface area contributed by atoms with Crippen molar-refractivity contribution in [2.45, 2.75) is 45.2 Å². The second-order valence-electron chi connectivity index (χ2n) is 5.77. The molecule has 2 saturated heterocycles. The molecule has 2 aliphatic heterocycles. The maximum Gasteiger partial charge on any atom is 0.324 e. The van der Waals surface area contributed by atoms with Crippen LogP contribution >= 0.6 is 0 Å². The summed E-state index contributed by atoms with van der Waals surface area (Å²) >= 11 is 0. The molecule has 0 radical (unpaired) electrons. The summed E-state index contributed by atoms with van der Waals surface area (Å²) in [6.45, 7) is 7.83. The highest BCUT2D eigenvalue weighted by Crippen LogP contribution is 2.16. The maximum atomic E-state index is 12.6. The molecule has 2 aliphatic rings. The van der Waals surface area contributed by atoms with Gasteiger partial charge in [-0.1, -0.05) is 0 Å². The van der Waals surface area contributed by atoms with E-state index in [1.54, 1.807) is 6.92 Å². The van der Waals surface area contributed by atoms with Crippen LogP contribution in [0, 0.1) is 0 Å². The SMILES string of the molecule is CCOC(=O)C1CNCCN1C(C)C(=O)N1CCCCC1. The lowest BCUT2D eigenvalue weighted by Crippen LogP contribution is -2.61. The fourth-order valence-electron chi connectivity index (χ4n) is 3.16. The van der Waals surface area contributed by atoms with Gasteiger partial charge in [0.2, 0.25) is 5.91 Å². The maximum absolute atomic E-state index is 12.6. The van der Waals surface area contributed by atoms with E-state index in [1.165, 1.54) is 6.42 Å². The molecule has 2 heterocycles. The number of nitrogens with zero attached hydrogens (tertiary/aromatic N) is 2. The number of likely N-dealkylation sites (tertiary alicyclic amines) is 1. The van der Waals surface area contributed by atoms with Crippen molar-refractivity contribution in [3.05, 3.63) is 0 Å². The van der Waals surface area contributed by atoms with Gasteiger partial charge in [-0.25, -0.2) is 0 Å². The van der Waals surface area contributed by atoms with Crippen molar-refractivity contribution in [1.82, 2.24) is 15.1 Å². The van der Waals surface area contributed by atoms with Crippen LogP contribution in [0.4, 0.5) is 0 Å². The van der Waals surface area contributed by atoms with Crippen LogP contribution in [0.3, 0.4) is 0 Å². The largest absolute Gasteiger partial charge is 0.465 e. The molecule has 1 amide bonds. The van der Waals surface area contributed by atoms with Crippen LogP contribution in [0.2, 0.25) is 0 Å².